The van der Waals surface area contributed by atoms with Crippen molar-refractivity contribution >= 4 is 27.3 Å². The van der Waals surface area contributed by atoms with Crippen LogP contribution in [0.4, 0.5) is 11.4 Å². The highest BCUT2D eigenvalue weighted by molar-refractivity contribution is 7.92. The summed E-state index contributed by atoms with van der Waals surface area (Å²) in [6.07, 6.45) is 0.291. The number of benzene rings is 3. The summed E-state index contributed by atoms with van der Waals surface area (Å²) >= 11 is 0. The first-order valence-corrected chi connectivity index (χ1v) is 11.4. The zero-order chi connectivity index (χ0) is 22.4. The molecule has 0 saturated carbocycles. The number of amides is 1. The number of ether oxygens (including phenoxy) is 1. The molecule has 0 spiro atoms. The van der Waals surface area contributed by atoms with E-state index in [4.69, 9.17) is 4.74 Å². The van der Waals surface area contributed by atoms with Crippen molar-refractivity contribution in [3.8, 4) is 5.75 Å². The van der Waals surface area contributed by atoms with E-state index in [1.807, 2.05) is 37.3 Å². The lowest BCUT2D eigenvalue weighted by atomic mass is 9.97. The van der Waals surface area contributed by atoms with Crippen LogP contribution in [0.25, 0.3) is 0 Å². The molecule has 0 aliphatic heterocycles. The van der Waals surface area contributed by atoms with Gasteiger partial charge in [0.05, 0.1) is 17.7 Å². The third-order valence-corrected chi connectivity index (χ3v) is 6.48. The van der Waals surface area contributed by atoms with Crippen LogP contribution in [0.2, 0.25) is 0 Å². The molecule has 0 aliphatic rings. The molecule has 3 rings (SSSR count). The molecule has 162 valence electrons. The number of aryl methyl sites for hydroxylation is 1. The Morgan fingerprint density at radius 1 is 1.00 bits per heavy atom. The Labute approximate surface area is 183 Å². The number of rotatable bonds is 8. The third-order valence-electron chi connectivity index (χ3n) is 4.97. The topological polar surface area (TPSA) is 84.5 Å². The van der Waals surface area contributed by atoms with Crippen molar-refractivity contribution in [3.63, 3.8) is 0 Å². The smallest absolute Gasteiger partial charge is 0.262 e. The number of nitrogens with one attached hydrogen (secondary N) is 2. The number of para-hydroxylation sites is 2. The molecule has 1 amide bonds. The lowest BCUT2D eigenvalue weighted by Gasteiger charge is -2.15. The lowest BCUT2D eigenvalue weighted by Crippen LogP contribution is -2.17. The van der Waals surface area contributed by atoms with Crippen molar-refractivity contribution in [1.29, 1.82) is 0 Å². The third kappa shape index (κ3) is 5.64. The predicted molar refractivity (Wildman–Crippen MR) is 123 cm³/mol. The number of sulfonamides is 1. The molecule has 0 heterocycles. The van der Waals surface area contributed by atoms with Crippen molar-refractivity contribution in [2.75, 3.05) is 17.1 Å². The van der Waals surface area contributed by atoms with E-state index < -0.39 is 10.0 Å². The van der Waals surface area contributed by atoms with Crippen LogP contribution >= 0.6 is 0 Å². The van der Waals surface area contributed by atoms with Gasteiger partial charge in [-0.25, -0.2) is 8.42 Å². The van der Waals surface area contributed by atoms with E-state index in [0.717, 1.165) is 5.56 Å². The Hall–Kier alpha value is -3.32. The van der Waals surface area contributed by atoms with Crippen LogP contribution in [-0.4, -0.2) is 21.4 Å². The summed E-state index contributed by atoms with van der Waals surface area (Å²) in [6, 6.07) is 21.4. The van der Waals surface area contributed by atoms with Gasteiger partial charge in [0, 0.05) is 12.1 Å². The summed E-state index contributed by atoms with van der Waals surface area (Å²) in [6.45, 7) is 3.69. The summed E-state index contributed by atoms with van der Waals surface area (Å²) in [5, 5.41) is 2.81. The van der Waals surface area contributed by atoms with E-state index >= 15 is 0 Å². The maximum absolute atomic E-state index is 13.0. The minimum atomic E-state index is -3.88. The van der Waals surface area contributed by atoms with E-state index in [2.05, 4.69) is 10.0 Å². The largest absolute Gasteiger partial charge is 0.495 e. The highest BCUT2D eigenvalue weighted by atomic mass is 32.2. The maximum Gasteiger partial charge on any atom is 0.262 e. The first-order valence-electron chi connectivity index (χ1n) is 9.91. The number of anilines is 2. The van der Waals surface area contributed by atoms with Crippen molar-refractivity contribution < 1.29 is 17.9 Å². The molecule has 0 fully saturated rings. The molecule has 0 aromatic heterocycles. The maximum atomic E-state index is 13.0. The fraction of sp³-hybridized carbons (Fsp3) is 0.208. The Morgan fingerprint density at radius 2 is 1.68 bits per heavy atom. The molecule has 6 nitrogen and oxygen atoms in total. The lowest BCUT2D eigenvalue weighted by molar-refractivity contribution is -0.116. The number of carbonyl (C=O) groups excluding carboxylic acids is 1. The molecule has 1 atom stereocenters. The second-order valence-electron chi connectivity index (χ2n) is 7.35. The van der Waals surface area contributed by atoms with Crippen LogP contribution in [0.3, 0.4) is 0 Å². The summed E-state index contributed by atoms with van der Waals surface area (Å²) < 4.78 is 33.8. The number of hydrogen-bond acceptors (Lipinski definition) is 4. The fourth-order valence-electron chi connectivity index (χ4n) is 3.29. The number of methoxy groups -OCH3 is 1. The van der Waals surface area contributed by atoms with Crippen molar-refractivity contribution in [3.05, 3.63) is 83.9 Å². The Balaban J connectivity index is 1.77. The van der Waals surface area contributed by atoms with Gasteiger partial charge in [0.2, 0.25) is 5.91 Å². The summed E-state index contributed by atoms with van der Waals surface area (Å²) in [5.74, 6) is 0.284. The number of carbonyl (C=O) groups is 1. The summed E-state index contributed by atoms with van der Waals surface area (Å²) in [4.78, 5) is 12.6. The normalized spacial score (nSPS) is 12.1. The Kier molecular flexibility index (Phi) is 6.97. The van der Waals surface area contributed by atoms with Crippen molar-refractivity contribution in [2.24, 2.45) is 0 Å². The van der Waals surface area contributed by atoms with Gasteiger partial charge < -0.3 is 10.1 Å². The monoisotopic (exact) mass is 438 g/mol. The average Bonchev–Trinajstić information content (AvgIpc) is 2.75. The Bertz CT molecular complexity index is 1160. The molecular formula is C24H26N2O4S. The highest BCUT2D eigenvalue weighted by Gasteiger charge is 2.20. The molecule has 0 bridgehead atoms. The van der Waals surface area contributed by atoms with Gasteiger partial charge in [-0.1, -0.05) is 55.5 Å². The van der Waals surface area contributed by atoms with Crippen LogP contribution in [0.1, 0.15) is 30.4 Å². The molecule has 3 aromatic carbocycles. The molecule has 0 aliphatic carbocycles. The van der Waals surface area contributed by atoms with Crippen LogP contribution < -0.4 is 14.8 Å². The molecular weight excluding hydrogens is 412 g/mol. The molecule has 0 saturated heterocycles. The second-order valence-corrected chi connectivity index (χ2v) is 9.00. The quantitative estimate of drug-likeness (QED) is 0.522. The van der Waals surface area contributed by atoms with E-state index in [9.17, 15) is 13.2 Å². The van der Waals surface area contributed by atoms with Gasteiger partial charge in [0.15, 0.2) is 0 Å². The standard InChI is InChI=1S/C24H26N2O4S/c1-17-13-14-20(25-24(27)15-18(2)19-9-5-4-6-10-19)16-23(17)31(28,29)26-21-11-7-8-12-22(21)30-3/h4-14,16,18,26H,15H2,1-3H3,(H,25,27). The first kappa shape index (κ1) is 22.4. The number of hydrogen-bond donors (Lipinski definition) is 2. The van der Waals surface area contributed by atoms with Crippen molar-refractivity contribution in [2.45, 2.75) is 31.1 Å². The van der Waals surface area contributed by atoms with Crippen LogP contribution in [0, 0.1) is 6.92 Å². The van der Waals surface area contributed by atoms with Crippen LogP contribution in [0.5, 0.6) is 5.75 Å². The van der Waals surface area contributed by atoms with Crippen molar-refractivity contribution in [1.82, 2.24) is 0 Å². The molecule has 3 aromatic rings. The van der Waals surface area contributed by atoms with Crippen LogP contribution in [-0.2, 0) is 14.8 Å². The van der Waals surface area contributed by atoms with E-state index in [0.29, 0.717) is 29.1 Å². The van der Waals surface area contributed by atoms with Gasteiger partial charge in [0.1, 0.15) is 5.75 Å². The molecule has 2 N–H and O–H groups in total. The SMILES string of the molecule is COc1ccccc1NS(=O)(=O)c1cc(NC(=O)CC(C)c2ccccc2)ccc1C. The average molecular weight is 439 g/mol. The minimum Gasteiger partial charge on any atom is -0.495 e. The Morgan fingerprint density at radius 3 is 2.39 bits per heavy atom. The summed E-state index contributed by atoms with van der Waals surface area (Å²) in [7, 11) is -2.41. The predicted octanol–water partition coefficient (Wildman–Crippen LogP) is 4.94. The van der Waals surface area contributed by atoms with Crippen LogP contribution in [0.15, 0.2) is 77.7 Å². The minimum absolute atomic E-state index is 0.0436. The van der Waals surface area contributed by atoms with E-state index in [1.54, 1.807) is 43.3 Å². The highest BCUT2D eigenvalue weighted by Crippen LogP contribution is 2.28. The summed E-state index contributed by atoms with van der Waals surface area (Å²) in [5.41, 5.74) is 2.41. The first-order chi connectivity index (χ1) is 14.8. The molecule has 31 heavy (non-hydrogen) atoms. The van der Waals surface area contributed by atoms with E-state index in [-0.39, 0.29) is 16.7 Å². The molecule has 7 heteroatoms. The van der Waals surface area contributed by atoms with Gasteiger partial charge in [-0.3, -0.25) is 9.52 Å². The molecule has 1 unspecified atom stereocenters. The van der Waals surface area contributed by atoms with Gasteiger partial charge in [-0.15, -0.1) is 0 Å². The van der Waals surface area contributed by atoms with Gasteiger partial charge in [0.25, 0.3) is 10.0 Å². The van der Waals surface area contributed by atoms with Gasteiger partial charge in [-0.2, -0.15) is 0 Å². The second kappa shape index (κ2) is 9.66. The fourth-order valence-corrected chi connectivity index (χ4v) is 4.63. The molecule has 0 radical (unpaired) electrons. The van der Waals surface area contributed by atoms with Gasteiger partial charge >= 0.3 is 0 Å². The zero-order valence-corrected chi connectivity index (χ0v) is 18.6. The van der Waals surface area contributed by atoms with E-state index in [1.165, 1.54) is 13.2 Å². The zero-order valence-electron chi connectivity index (χ0n) is 17.8. The van der Waals surface area contributed by atoms with Gasteiger partial charge in [-0.05, 0) is 48.2 Å².